The van der Waals surface area contributed by atoms with Crippen LogP contribution in [0.25, 0.3) is 0 Å². The van der Waals surface area contributed by atoms with Crippen molar-refractivity contribution < 1.29 is 26.7 Å². The molecule has 1 aromatic carbocycles. The number of carbonyl (C=O) groups is 1. The lowest BCUT2D eigenvalue weighted by atomic mass is 9.96. The number of ether oxygens (including phenoxy) is 1. The zero-order valence-corrected chi connectivity index (χ0v) is 19.1. The van der Waals surface area contributed by atoms with Gasteiger partial charge >= 0.3 is 0 Å². The predicted octanol–water partition coefficient (Wildman–Crippen LogP) is 3.28. The summed E-state index contributed by atoms with van der Waals surface area (Å²) in [5.41, 5.74) is -0.398. The third-order valence-electron chi connectivity index (χ3n) is 5.08. The van der Waals surface area contributed by atoms with Crippen LogP contribution in [0.15, 0.2) is 47.6 Å². The predicted molar refractivity (Wildman–Crippen MR) is 117 cm³/mol. The van der Waals surface area contributed by atoms with Gasteiger partial charge in [-0.2, -0.15) is 0 Å². The summed E-state index contributed by atoms with van der Waals surface area (Å²) in [7, 11) is -2.59. The van der Waals surface area contributed by atoms with Crippen LogP contribution < -0.4 is 14.8 Å². The minimum atomic E-state index is -4.07. The fraction of sp³-hybridized carbons (Fsp3) is 0.238. The second-order valence-corrected chi connectivity index (χ2v) is 10.0. The lowest BCUT2D eigenvalue weighted by Gasteiger charge is -2.27. The molecule has 8 nitrogen and oxygen atoms in total. The molecule has 0 aliphatic carbocycles. The van der Waals surface area contributed by atoms with Crippen molar-refractivity contribution in [1.82, 2.24) is 14.3 Å². The van der Waals surface area contributed by atoms with E-state index in [1.807, 2.05) is 0 Å². The average molecular weight is 497 g/mol. The van der Waals surface area contributed by atoms with E-state index in [2.05, 4.69) is 15.0 Å². The summed E-state index contributed by atoms with van der Waals surface area (Å²) in [6.45, 7) is 1.59. The summed E-state index contributed by atoms with van der Waals surface area (Å²) in [5.74, 6) is -3.07. The lowest BCUT2D eigenvalue weighted by Crippen LogP contribution is -2.50. The van der Waals surface area contributed by atoms with Gasteiger partial charge in [-0.05, 0) is 37.1 Å². The maximum absolute atomic E-state index is 13.5. The van der Waals surface area contributed by atoms with Crippen molar-refractivity contribution in [1.29, 1.82) is 0 Å². The topological polar surface area (TPSA) is 102 Å². The number of amides is 1. The Kier molecular flexibility index (Phi) is 5.89. The normalized spacial score (nSPS) is 19.3. The van der Waals surface area contributed by atoms with Crippen LogP contribution in [-0.4, -0.2) is 36.0 Å². The van der Waals surface area contributed by atoms with E-state index in [1.54, 1.807) is 25.3 Å². The highest BCUT2D eigenvalue weighted by molar-refractivity contribution is 7.89. The second-order valence-electron chi connectivity index (χ2n) is 7.99. The molecule has 1 aliphatic heterocycles. The average Bonchev–Trinajstić information content (AvgIpc) is 3.03. The van der Waals surface area contributed by atoms with E-state index in [1.165, 1.54) is 23.9 Å². The van der Waals surface area contributed by atoms with Gasteiger partial charge in [-0.1, -0.05) is 17.7 Å². The minimum Gasteiger partial charge on any atom is -0.488 e. The summed E-state index contributed by atoms with van der Waals surface area (Å²) < 4.78 is 62.7. The van der Waals surface area contributed by atoms with Crippen LogP contribution in [0.3, 0.4) is 0 Å². The molecule has 0 saturated heterocycles. The van der Waals surface area contributed by atoms with Gasteiger partial charge in [0, 0.05) is 31.2 Å². The first kappa shape index (κ1) is 23.1. The molecule has 3 aromatic rings. The Labute approximate surface area is 193 Å². The number of nitrogens with zero attached hydrogens (tertiary/aromatic N) is 2. The molecular weight excluding hydrogens is 478 g/mol. The zero-order valence-electron chi connectivity index (χ0n) is 17.5. The summed E-state index contributed by atoms with van der Waals surface area (Å²) >= 11 is 5.82. The van der Waals surface area contributed by atoms with Crippen LogP contribution in [0.5, 0.6) is 5.75 Å². The highest BCUT2D eigenvalue weighted by Crippen LogP contribution is 2.35. The van der Waals surface area contributed by atoms with Crippen LogP contribution >= 0.6 is 11.6 Å². The third kappa shape index (κ3) is 4.70. The molecule has 1 aliphatic rings. The van der Waals surface area contributed by atoms with Gasteiger partial charge in [0.25, 0.3) is 5.91 Å². The van der Waals surface area contributed by atoms with Crippen LogP contribution in [0.4, 0.5) is 14.5 Å². The molecule has 174 valence electrons. The maximum atomic E-state index is 13.5. The maximum Gasteiger partial charge on any atom is 0.276 e. The highest BCUT2D eigenvalue weighted by Gasteiger charge is 2.40. The lowest BCUT2D eigenvalue weighted by molar-refractivity contribution is 0.101. The SMILES string of the molecule is Cn1cc2c(c1C(=O)Nc1ccc(F)c(F)c1)OCC(C)(Cc1ccc(Cl)nc1)NS2(=O)=O. The van der Waals surface area contributed by atoms with Gasteiger partial charge in [0.1, 0.15) is 16.7 Å². The Morgan fingerprint density at radius 1 is 1.30 bits per heavy atom. The molecule has 2 aromatic heterocycles. The first-order valence-electron chi connectivity index (χ1n) is 9.70. The van der Waals surface area contributed by atoms with Crippen LogP contribution in [0.1, 0.15) is 23.0 Å². The first-order valence-corrected chi connectivity index (χ1v) is 11.6. The van der Waals surface area contributed by atoms with Crippen molar-refractivity contribution in [2.45, 2.75) is 23.8 Å². The molecule has 0 spiro atoms. The van der Waals surface area contributed by atoms with Gasteiger partial charge < -0.3 is 14.6 Å². The van der Waals surface area contributed by atoms with E-state index >= 15 is 0 Å². The Morgan fingerprint density at radius 2 is 2.06 bits per heavy atom. The molecule has 1 amide bonds. The van der Waals surface area contributed by atoms with Gasteiger partial charge in [-0.15, -0.1) is 0 Å². The number of aryl methyl sites for hydroxylation is 1. The summed E-state index contributed by atoms with van der Waals surface area (Å²) in [6.07, 6.45) is 3.05. The van der Waals surface area contributed by atoms with Crippen molar-refractivity contribution in [2.24, 2.45) is 7.05 Å². The van der Waals surface area contributed by atoms with Gasteiger partial charge in [0.2, 0.25) is 10.0 Å². The quantitative estimate of drug-likeness (QED) is 0.540. The fourth-order valence-electron chi connectivity index (χ4n) is 3.62. The number of nitrogens with one attached hydrogen (secondary N) is 2. The van der Waals surface area contributed by atoms with E-state index < -0.39 is 33.1 Å². The van der Waals surface area contributed by atoms with Gasteiger partial charge in [-0.25, -0.2) is 26.9 Å². The number of anilines is 1. The summed E-state index contributed by atoms with van der Waals surface area (Å²) in [5, 5.41) is 2.75. The van der Waals surface area contributed by atoms with Crippen molar-refractivity contribution in [3.05, 3.63) is 70.8 Å². The van der Waals surface area contributed by atoms with Gasteiger partial charge in [0.05, 0.1) is 5.54 Å². The molecular formula is C21H19ClF2N4O4S. The molecule has 33 heavy (non-hydrogen) atoms. The zero-order chi connectivity index (χ0) is 24.0. The smallest absolute Gasteiger partial charge is 0.276 e. The molecule has 1 atom stereocenters. The Morgan fingerprint density at radius 3 is 2.73 bits per heavy atom. The largest absolute Gasteiger partial charge is 0.488 e. The van der Waals surface area contributed by atoms with Gasteiger partial charge in [0.15, 0.2) is 23.1 Å². The summed E-state index contributed by atoms with van der Waals surface area (Å²) in [4.78, 5) is 16.7. The van der Waals surface area contributed by atoms with E-state index in [0.717, 1.165) is 17.7 Å². The number of fused-ring (bicyclic) bond motifs is 1. The van der Waals surface area contributed by atoms with Crippen LogP contribution in [0.2, 0.25) is 5.15 Å². The number of benzene rings is 1. The number of pyridine rings is 1. The van der Waals surface area contributed by atoms with Crippen molar-refractivity contribution in [3.63, 3.8) is 0 Å². The fourth-order valence-corrected chi connectivity index (χ4v) is 5.32. The summed E-state index contributed by atoms with van der Waals surface area (Å²) in [6, 6.07) is 6.22. The molecule has 1 unspecified atom stereocenters. The van der Waals surface area contributed by atoms with Crippen molar-refractivity contribution >= 4 is 33.2 Å². The second kappa shape index (κ2) is 8.40. The number of sulfonamides is 1. The number of carbonyl (C=O) groups excluding carboxylic acids is 1. The number of hydrogen-bond acceptors (Lipinski definition) is 5. The molecule has 3 heterocycles. The number of rotatable bonds is 4. The van der Waals surface area contributed by atoms with Crippen LogP contribution in [0, 0.1) is 11.6 Å². The molecule has 12 heteroatoms. The minimum absolute atomic E-state index is 0.00327. The Hall–Kier alpha value is -3.02. The molecule has 2 N–H and O–H groups in total. The number of hydrogen-bond donors (Lipinski definition) is 2. The highest BCUT2D eigenvalue weighted by atomic mass is 35.5. The van der Waals surface area contributed by atoms with E-state index in [-0.39, 0.29) is 35.1 Å². The van der Waals surface area contributed by atoms with Crippen LogP contribution in [-0.2, 0) is 23.5 Å². The number of aromatic nitrogens is 2. The molecule has 0 radical (unpaired) electrons. The van der Waals surface area contributed by atoms with E-state index in [9.17, 15) is 22.0 Å². The van der Waals surface area contributed by atoms with E-state index in [4.69, 9.17) is 16.3 Å². The van der Waals surface area contributed by atoms with Crippen molar-refractivity contribution in [2.75, 3.05) is 11.9 Å². The monoisotopic (exact) mass is 496 g/mol. The van der Waals surface area contributed by atoms with Gasteiger partial charge in [-0.3, -0.25) is 4.79 Å². The third-order valence-corrected chi connectivity index (χ3v) is 6.94. The first-order chi connectivity index (χ1) is 15.5. The standard InChI is InChI=1S/C21H19ClF2N4O4S/c1-21(8-12-3-6-17(22)25-9-12)11-32-19-16(33(30,31)27-21)10-28(2)18(19)20(29)26-13-4-5-14(23)15(24)7-13/h3-7,9-10,27H,8,11H2,1-2H3,(H,26,29). The Balaban J connectivity index is 1.64. The molecule has 0 bridgehead atoms. The van der Waals surface area contributed by atoms with Crippen molar-refractivity contribution in [3.8, 4) is 5.75 Å². The van der Waals surface area contributed by atoms with E-state index in [0.29, 0.717) is 5.15 Å². The molecule has 0 saturated carbocycles. The Bertz CT molecular complexity index is 1350. The number of halogens is 3. The molecule has 0 fully saturated rings. The molecule has 4 rings (SSSR count).